The van der Waals surface area contributed by atoms with Gasteiger partial charge in [-0.05, 0) is 23.8 Å². The summed E-state index contributed by atoms with van der Waals surface area (Å²) in [7, 11) is 0. The van der Waals surface area contributed by atoms with Gasteiger partial charge in [0.1, 0.15) is 0 Å². The summed E-state index contributed by atoms with van der Waals surface area (Å²) < 4.78 is 1.71. The van der Waals surface area contributed by atoms with Gasteiger partial charge in [-0.15, -0.1) is 16.8 Å². The number of allylic oxidation sites excluding steroid dienone is 1. The number of amides is 2. The average Bonchev–Trinajstić information content (AvgIpc) is 3.23. The average molecular weight is 547 g/mol. The van der Waals surface area contributed by atoms with Crippen molar-refractivity contribution in [2.24, 2.45) is 0 Å². The summed E-state index contributed by atoms with van der Waals surface area (Å²) >= 11 is 13.2. The zero-order valence-electron chi connectivity index (χ0n) is 18.7. The van der Waals surface area contributed by atoms with E-state index in [9.17, 15) is 19.7 Å². The Morgan fingerprint density at radius 2 is 1.94 bits per heavy atom. The second kappa shape index (κ2) is 12.9. The molecule has 13 heteroatoms. The van der Waals surface area contributed by atoms with Crippen molar-refractivity contribution in [1.82, 2.24) is 20.1 Å². The van der Waals surface area contributed by atoms with E-state index in [-0.39, 0.29) is 34.6 Å². The minimum Gasteiger partial charge on any atom is -0.345 e. The van der Waals surface area contributed by atoms with Gasteiger partial charge < -0.3 is 15.2 Å². The zero-order valence-corrected chi connectivity index (χ0v) is 21.0. The SMILES string of the molecule is C=CCn1c(CNC(=O)/C=C/c2ccccc2Cl)nnc1SCC(=O)Nc1cc([N+](=O)[O-])ccc1Cl. The number of anilines is 1. The molecule has 0 aliphatic carbocycles. The Labute approximate surface area is 220 Å². The third-order valence-electron chi connectivity index (χ3n) is 4.61. The lowest BCUT2D eigenvalue weighted by Crippen LogP contribution is -2.23. The number of nitro benzene ring substituents is 1. The smallest absolute Gasteiger partial charge is 0.271 e. The highest BCUT2D eigenvalue weighted by atomic mass is 35.5. The van der Waals surface area contributed by atoms with Gasteiger partial charge in [0.25, 0.3) is 5.69 Å². The molecule has 2 aromatic carbocycles. The number of aromatic nitrogens is 3. The van der Waals surface area contributed by atoms with Crippen molar-refractivity contribution in [1.29, 1.82) is 0 Å². The van der Waals surface area contributed by atoms with Crippen LogP contribution in [0.15, 0.2) is 66.4 Å². The first kappa shape index (κ1) is 26.9. The highest BCUT2D eigenvalue weighted by Crippen LogP contribution is 2.27. The van der Waals surface area contributed by atoms with Crippen LogP contribution in [0, 0.1) is 10.1 Å². The van der Waals surface area contributed by atoms with E-state index in [0.717, 1.165) is 11.8 Å². The van der Waals surface area contributed by atoms with Gasteiger partial charge in [-0.2, -0.15) is 0 Å². The van der Waals surface area contributed by atoms with Gasteiger partial charge >= 0.3 is 0 Å². The molecule has 0 radical (unpaired) electrons. The van der Waals surface area contributed by atoms with Crippen LogP contribution in [0.25, 0.3) is 6.08 Å². The number of thioether (sulfide) groups is 1. The number of halogens is 2. The molecule has 0 aliphatic rings. The van der Waals surface area contributed by atoms with Gasteiger partial charge in [0, 0.05) is 29.8 Å². The van der Waals surface area contributed by atoms with Crippen LogP contribution in [0.5, 0.6) is 0 Å². The highest BCUT2D eigenvalue weighted by molar-refractivity contribution is 7.99. The molecule has 186 valence electrons. The van der Waals surface area contributed by atoms with Crippen LogP contribution in [0.3, 0.4) is 0 Å². The predicted octanol–water partition coefficient (Wildman–Crippen LogP) is 4.74. The van der Waals surface area contributed by atoms with E-state index in [2.05, 4.69) is 27.4 Å². The molecule has 1 aromatic heterocycles. The summed E-state index contributed by atoms with van der Waals surface area (Å²) in [5.74, 6) is -0.360. The van der Waals surface area contributed by atoms with Gasteiger partial charge in [0.05, 0.1) is 27.9 Å². The minimum absolute atomic E-state index is 0.0543. The number of rotatable bonds is 11. The Bertz CT molecular complexity index is 1330. The molecule has 0 saturated carbocycles. The molecule has 0 bridgehead atoms. The Morgan fingerprint density at radius 1 is 1.17 bits per heavy atom. The molecule has 3 rings (SSSR count). The lowest BCUT2D eigenvalue weighted by atomic mass is 10.2. The number of nitrogens with one attached hydrogen (secondary N) is 2. The number of carbonyl (C=O) groups is 2. The molecule has 0 saturated heterocycles. The minimum atomic E-state index is -0.578. The van der Waals surface area contributed by atoms with Gasteiger partial charge in [0.2, 0.25) is 11.8 Å². The van der Waals surface area contributed by atoms with Crippen LogP contribution in [0.1, 0.15) is 11.4 Å². The first-order valence-corrected chi connectivity index (χ1v) is 12.1. The molecular weight excluding hydrogens is 527 g/mol. The van der Waals surface area contributed by atoms with Crippen LogP contribution in [-0.4, -0.2) is 37.3 Å². The molecular formula is C23H20Cl2N6O4S. The number of carbonyl (C=O) groups excluding carboxylic acids is 2. The van der Waals surface area contributed by atoms with Crippen LogP contribution in [0.4, 0.5) is 11.4 Å². The van der Waals surface area contributed by atoms with E-state index in [1.54, 1.807) is 34.9 Å². The van der Waals surface area contributed by atoms with Crippen molar-refractivity contribution < 1.29 is 14.5 Å². The molecule has 0 spiro atoms. The van der Waals surface area contributed by atoms with E-state index in [1.807, 2.05) is 6.07 Å². The normalized spacial score (nSPS) is 10.8. The Morgan fingerprint density at radius 3 is 2.67 bits per heavy atom. The standard InChI is InChI=1S/C23H20Cl2N6O4S/c1-2-11-30-20(13-26-21(32)10-7-15-5-3-4-6-17(15)24)28-29-23(30)36-14-22(33)27-19-12-16(31(34)35)8-9-18(19)25/h2-10,12H,1,11,13-14H2,(H,26,32)(H,27,33)/b10-7+. The summed E-state index contributed by atoms with van der Waals surface area (Å²) in [6.07, 6.45) is 4.62. The molecule has 0 atom stereocenters. The van der Waals surface area contributed by atoms with Crippen LogP contribution in [-0.2, 0) is 22.7 Å². The maximum atomic E-state index is 12.4. The molecule has 2 N–H and O–H groups in total. The summed E-state index contributed by atoms with van der Waals surface area (Å²) in [5, 5.41) is 25.6. The summed E-state index contributed by atoms with van der Waals surface area (Å²) in [6.45, 7) is 4.18. The van der Waals surface area contributed by atoms with Crippen LogP contribution in [0.2, 0.25) is 10.0 Å². The Balaban J connectivity index is 1.60. The van der Waals surface area contributed by atoms with E-state index in [0.29, 0.717) is 28.1 Å². The second-order valence-corrected chi connectivity index (χ2v) is 8.89. The topological polar surface area (TPSA) is 132 Å². The van der Waals surface area contributed by atoms with Crippen molar-refractivity contribution in [3.8, 4) is 0 Å². The molecule has 0 unspecified atom stereocenters. The van der Waals surface area contributed by atoms with E-state index in [1.165, 1.54) is 24.3 Å². The van der Waals surface area contributed by atoms with Gasteiger partial charge in [-0.3, -0.25) is 19.7 Å². The number of nitro groups is 1. The van der Waals surface area contributed by atoms with Gasteiger partial charge in [0.15, 0.2) is 11.0 Å². The maximum absolute atomic E-state index is 12.4. The summed E-state index contributed by atoms with van der Waals surface area (Å²) in [5.41, 5.74) is 0.659. The quantitative estimate of drug-likeness (QED) is 0.117. The second-order valence-electron chi connectivity index (χ2n) is 7.13. The van der Waals surface area contributed by atoms with Crippen molar-refractivity contribution in [3.63, 3.8) is 0 Å². The molecule has 1 heterocycles. The monoisotopic (exact) mass is 546 g/mol. The fraction of sp³-hybridized carbons (Fsp3) is 0.130. The number of non-ortho nitro benzene ring substituents is 1. The van der Waals surface area contributed by atoms with Crippen molar-refractivity contribution in [3.05, 3.63) is 92.7 Å². The summed E-state index contributed by atoms with van der Waals surface area (Å²) in [6, 6.07) is 10.9. The van der Waals surface area contributed by atoms with E-state index < -0.39 is 10.8 Å². The third-order valence-corrected chi connectivity index (χ3v) is 6.25. The predicted molar refractivity (Wildman–Crippen MR) is 140 cm³/mol. The van der Waals surface area contributed by atoms with Crippen molar-refractivity contribution in [2.45, 2.75) is 18.2 Å². The largest absolute Gasteiger partial charge is 0.345 e. The molecule has 2 amide bonds. The molecule has 0 fully saturated rings. The highest BCUT2D eigenvalue weighted by Gasteiger charge is 2.16. The number of hydrogen-bond acceptors (Lipinski definition) is 7. The van der Waals surface area contributed by atoms with E-state index in [4.69, 9.17) is 23.2 Å². The van der Waals surface area contributed by atoms with Crippen molar-refractivity contribution >= 4 is 64.2 Å². The maximum Gasteiger partial charge on any atom is 0.271 e. The Kier molecular flexibility index (Phi) is 9.62. The molecule has 36 heavy (non-hydrogen) atoms. The molecule has 10 nitrogen and oxygen atoms in total. The fourth-order valence-electron chi connectivity index (χ4n) is 2.91. The lowest BCUT2D eigenvalue weighted by Gasteiger charge is -2.09. The summed E-state index contributed by atoms with van der Waals surface area (Å²) in [4.78, 5) is 35.0. The zero-order chi connectivity index (χ0) is 26.1. The van der Waals surface area contributed by atoms with E-state index >= 15 is 0 Å². The Hall–Kier alpha value is -3.67. The van der Waals surface area contributed by atoms with Gasteiger partial charge in [-0.25, -0.2) is 0 Å². The number of benzene rings is 2. The number of nitrogens with zero attached hydrogens (tertiary/aromatic N) is 4. The lowest BCUT2D eigenvalue weighted by molar-refractivity contribution is -0.384. The van der Waals surface area contributed by atoms with Crippen LogP contribution < -0.4 is 10.6 Å². The first-order chi connectivity index (χ1) is 17.3. The third kappa shape index (κ3) is 7.41. The van der Waals surface area contributed by atoms with Gasteiger partial charge in [-0.1, -0.05) is 59.2 Å². The van der Waals surface area contributed by atoms with Crippen molar-refractivity contribution in [2.75, 3.05) is 11.1 Å². The molecule has 0 aliphatic heterocycles. The number of hydrogen-bond donors (Lipinski definition) is 2. The van der Waals surface area contributed by atoms with Crippen LogP contribution >= 0.6 is 35.0 Å². The fourth-order valence-corrected chi connectivity index (χ4v) is 4.04. The first-order valence-electron chi connectivity index (χ1n) is 10.4. The molecule has 3 aromatic rings.